The van der Waals surface area contributed by atoms with Crippen molar-refractivity contribution in [2.24, 2.45) is 5.73 Å². The van der Waals surface area contributed by atoms with Gasteiger partial charge in [0, 0.05) is 44.0 Å². The quantitative estimate of drug-likeness (QED) is 0.193. The maximum Gasteiger partial charge on any atom is 0.261 e. The molecule has 3 N–H and O–H groups in total. The Morgan fingerprint density at radius 3 is 2.27 bits per heavy atom. The van der Waals surface area contributed by atoms with E-state index >= 15 is 0 Å². The van der Waals surface area contributed by atoms with Gasteiger partial charge in [0.2, 0.25) is 5.91 Å². The normalized spacial score (nSPS) is 13.7. The SMILES string of the molecule is C[C@H](NC/C(C=O)=C/c1ccc(Oc2ccccc2)cc1N(C)CCCN1C(=O)c2ccccc2C1=O)C(N)=O. The number of nitrogens with zero attached hydrogens (tertiary/aromatic N) is 2. The number of para-hydroxylation sites is 1. The van der Waals surface area contributed by atoms with Crippen LogP contribution < -0.4 is 20.7 Å². The van der Waals surface area contributed by atoms with E-state index in [0.717, 1.165) is 17.5 Å². The number of primary amides is 1. The molecule has 0 saturated carbocycles. The molecule has 40 heavy (non-hydrogen) atoms. The van der Waals surface area contributed by atoms with E-state index < -0.39 is 11.9 Å². The van der Waals surface area contributed by atoms with Crippen molar-refractivity contribution in [3.63, 3.8) is 0 Å². The highest BCUT2D eigenvalue weighted by Gasteiger charge is 2.34. The van der Waals surface area contributed by atoms with E-state index in [2.05, 4.69) is 5.32 Å². The van der Waals surface area contributed by atoms with E-state index in [4.69, 9.17) is 10.5 Å². The largest absolute Gasteiger partial charge is 0.457 e. The first-order chi connectivity index (χ1) is 19.3. The third kappa shape index (κ3) is 6.62. The molecule has 1 aliphatic rings. The number of ether oxygens (including phenoxy) is 1. The van der Waals surface area contributed by atoms with Crippen molar-refractivity contribution in [3.8, 4) is 11.5 Å². The molecule has 9 nitrogen and oxygen atoms in total. The molecule has 1 heterocycles. The Morgan fingerprint density at radius 2 is 1.65 bits per heavy atom. The van der Waals surface area contributed by atoms with Crippen LogP contribution in [-0.4, -0.2) is 61.6 Å². The molecule has 3 aromatic rings. The molecule has 1 atom stereocenters. The molecule has 3 amide bonds. The van der Waals surface area contributed by atoms with Gasteiger partial charge in [-0.3, -0.25) is 24.1 Å². The molecule has 0 saturated heterocycles. The van der Waals surface area contributed by atoms with Gasteiger partial charge in [-0.2, -0.15) is 0 Å². The summed E-state index contributed by atoms with van der Waals surface area (Å²) in [5.41, 5.74) is 8.17. The van der Waals surface area contributed by atoms with Crippen LogP contribution in [0.15, 0.2) is 78.4 Å². The van der Waals surface area contributed by atoms with Crippen LogP contribution in [0.5, 0.6) is 11.5 Å². The number of hydrogen-bond acceptors (Lipinski definition) is 7. The lowest BCUT2D eigenvalue weighted by Crippen LogP contribution is -2.39. The number of carbonyl (C=O) groups excluding carboxylic acids is 4. The molecule has 206 valence electrons. The molecular weight excluding hydrogens is 508 g/mol. The number of fused-ring (bicyclic) bond motifs is 1. The third-order valence-corrected chi connectivity index (χ3v) is 6.68. The maximum absolute atomic E-state index is 12.7. The van der Waals surface area contributed by atoms with Crippen LogP contribution in [0.2, 0.25) is 0 Å². The highest BCUT2D eigenvalue weighted by atomic mass is 16.5. The molecule has 3 aromatic carbocycles. The molecule has 0 bridgehead atoms. The van der Waals surface area contributed by atoms with Crippen molar-refractivity contribution in [1.29, 1.82) is 0 Å². The third-order valence-electron chi connectivity index (χ3n) is 6.68. The zero-order chi connectivity index (χ0) is 28.6. The number of carbonyl (C=O) groups is 4. The topological polar surface area (TPSA) is 122 Å². The van der Waals surface area contributed by atoms with E-state index in [0.29, 0.717) is 41.2 Å². The van der Waals surface area contributed by atoms with Gasteiger partial charge in [0.25, 0.3) is 11.8 Å². The zero-order valence-corrected chi connectivity index (χ0v) is 22.5. The zero-order valence-electron chi connectivity index (χ0n) is 22.5. The van der Waals surface area contributed by atoms with Crippen LogP contribution in [0, 0.1) is 0 Å². The van der Waals surface area contributed by atoms with Gasteiger partial charge in [-0.05, 0) is 61.4 Å². The van der Waals surface area contributed by atoms with Crippen LogP contribution in [0.25, 0.3) is 6.08 Å². The monoisotopic (exact) mass is 540 g/mol. The van der Waals surface area contributed by atoms with Crippen LogP contribution in [-0.2, 0) is 9.59 Å². The molecule has 0 spiro atoms. The van der Waals surface area contributed by atoms with Gasteiger partial charge in [0.05, 0.1) is 17.2 Å². The first kappa shape index (κ1) is 28.3. The molecule has 0 aliphatic carbocycles. The van der Waals surface area contributed by atoms with Crippen molar-refractivity contribution >= 4 is 35.8 Å². The van der Waals surface area contributed by atoms with Crippen molar-refractivity contribution in [2.45, 2.75) is 19.4 Å². The van der Waals surface area contributed by atoms with E-state index in [1.165, 1.54) is 4.90 Å². The predicted octanol–water partition coefficient (Wildman–Crippen LogP) is 3.65. The average molecular weight is 541 g/mol. The molecule has 0 unspecified atom stereocenters. The lowest BCUT2D eigenvalue weighted by Gasteiger charge is -2.24. The molecule has 0 aromatic heterocycles. The van der Waals surface area contributed by atoms with Gasteiger partial charge in [0.15, 0.2) is 0 Å². The lowest BCUT2D eigenvalue weighted by molar-refractivity contribution is -0.119. The summed E-state index contributed by atoms with van der Waals surface area (Å²) >= 11 is 0. The molecular formula is C31H32N4O5. The van der Waals surface area contributed by atoms with Gasteiger partial charge in [-0.15, -0.1) is 0 Å². The number of amides is 3. The van der Waals surface area contributed by atoms with Gasteiger partial charge in [-0.1, -0.05) is 30.3 Å². The smallest absolute Gasteiger partial charge is 0.261 e. The van der Waals surface area contributed by atoms with E-state index in [9.17, 15) is 19.2 Å². The molecule has 9 heteroatoms. The molecule has 1 aliphatic heterocycles. The van der Waals surface area contributed by atoms with E-state index in [-0.39, 0.29) is 24.9 Å². The van der Waals surface area contributed by atoms with E-state index in [1.807, 2.05) is 60.5 Å². The highest BCUT2D eigenvalue weighted by molar-refractivity contribution is 6.21. The number of rotatable bonds is 13. The summed E-state index contributed by atoms with van der Waals surface area (Å²) in [5.74, 6) is 0.227. The minimum atomic E-state index is -0.589. The standard InChI is InChI=1S/C31H32N4O5/c1-21(29(32)37)33-19-22(20-36)17-23-13-14-25(40-24-9-4-3-5-10-24)18-28(23)34(2)15-8-16-35-30(38)26-11-6-7-12-27(26)31(35)39/h3-7,9-14,17-18,20-21,33H,8,15-16,19H2,1-2H3,(H2,32,37)/b22-17-/t21-/m0/s1. The lowest BCUT2D eigenvalue weighted by atomic mass is 10.1. The number of nitrogens with two attached hydrogens (primary N) is 1. The second-order valence-electron chi connectivity index (χ2n) is 9.56. The second kappa shape index (κ2) is 12.9. The minimum Gasteiger partial charge on any atom is -0.457 e. The Morgan fingerprint density at radius 1 is 1.00 bits per heavy atom. The summed E-state index contributed by atoms with van der Waals surface area (Å²) in [6.45, 7) is 2.60. The summed E-state index contributed by atoms with van der Waals surface area (Å²) in [4.78, 5) is 51.9. The van der Waals surface area contributed by atoms with Crippen molar-refractivity contribution in [3.05, 3.63) is 95.1 Å². The first-order valence-corrected chi connectivity index (χ1v) is 13.0. The Kier molecular flexibility index (Phi) is 9.08. The van der Waals surface area contributed by atoms with Gasteiger partial charge >= 0.3 is 0 Å². The van der Waals surface area contributed by atoms with Gasteiger partial charge < -0.3 is 20.7 Å². The molecule has 0 fully saturated rings. The first-order valence-electron chi connectivity index (χ1n) is 13.0. The van der Waals surface area contributed by atoms with Crippen LogP contribution in [0.1, 0.15) is 39.6 Å². The van der Waals surface area contributed by atoms with Crippen molar-refractivity contribution in [1.82, 2.24) is 10.2 Å². The number of aldehydes is 1. The maximum atomic E-state index is 12.7. The highest BCUT2D eigenvalue weighted by Crippen LogP contribution is 2.31. The van der Waals surface area contributed by atoms with Crippen LogP contribution in [0.4, 0.5) is 5.69 Å². The number of benzene rings is 3. The average Bonchev–Trinajstić information content (AvgIpc) is 3.21. The Bertz CT molecular complexity index is 1400. The van der Waals surface area contributed by atoms with Crippen LogP contribution >= 0.6 is 0 Å². The summed E-state index contributed by atoms with van der Waals surface area (Å²) in [6.07, 6.45) is 3.02. The van der Waals surface area contributed by atoms with Gasteiger partial charge in [0.1, 0.15) is 17.8 Å². The number of nitrogens with one attached hydrogen (secondary N) is 1. The van der Waals surface area contributed by atoms with Crippen LogP contribution in [0.3, 0.4) is 0 Å². The summed E-state index contributed by atoms with van der Waals surface area (Å²) in [6, 6.07) is 21.2. The Labute approximate surface area is 233 Å². The minimum absolute atomic E-state index is 0.165. The number of hydrogen-bond donors (Lipinski definition) is 2. The fourth-order valence-corrected chi connectivity index (χ4v) is 4.39. The second-order valence-corrected chi connectivity index (χ2v) is 9.56. The number of imide groups is 1. The predicted molar refractivity (Wildman–Crippen MR) is 153 cm³/mol. The summed E-state index contributed by atoms with van der Waals surface area (Å²) < 4.78 is 6.03. The van der Waals surface area contributed by atoms with Crippen molar-refractivity contribution in [2.75, 3.05) is 31.6 Å². The fourth-order valence-electron chi connectivity index (χ4n) is 4.39. The van der Waals surface area contributed by atoms with Gasteiger partial charge in [-0.25, -0.2) is 0 Å². The summed E-state index contributed by atoms with van der Waals surface area (Å²) in [7, 11) is 1.90. The molecule has 4 rings (SSSR count). The molecule has 0 radical (unpaired) electrons. The van der Waals surface area contributed by atoms with E-state index in [1.54, 1.807) is 37.3 Å². The summed E-state index contributed by atoms with van der Waals surface area (Å²) in [5, 5.41) is 2.95. The number of anilines is 1. The fraction of sp³-hybridized carbons (Fsp3) is 0.226. The Balaban J connectivity index is 1.52. The van der Waals surface area contributed by atoms with Crippen molar-refractivity contribution < 1.29 is 23.9 Å². The Hall–Kier alpha value is -4.76.